The van der Waals surface area contributed by atoms with E-state index in [-0.39, 0.29) is 18.3 Å². The van der Waals surface area contributed by atoms with Gasteiger partial charge in [-0.25, -0.2) is 14.4 Å². The average Bonchev–Trinajstić information content (AvgIpc) is 2.67. The SMILES string of the molecule is O=C(NCc1ccccc1F)c1cnc(NCc2ccncc2)nc1. The maximum absolute atomic E-state index is 13.5. The molecule has 2 aromatic heterocycles. The molecule has 2 N–H and O–H groups in total. The van der Waals surface area contributed by atoms with Crippen molar-refractivity contribution in [3.8, 4) is 0 Å². The first-order valence-electron chi connectivity index (χ1n) is 7.69. The van der Waals surface area contributed by atoms with Gasteiger partial charge in [0.25, 0.3) is 5.91 Å². The van der Waals surface area contributed by atoms with Gasteiger partial charge >= 0.3 is 0 Å². The first-order valence-corrected chi connectivity index (χ1v) is 7.69. The number of rotatable bonds is 6. The van der Waals surface area contributed by atoms with Crippen LogP contribution in [0.2, 0.25) is 0 Å². The number of aromatic nitrogens is 3. The number of halogens is 1. The lowest BCUT2D eigenvalue weighted by atomic mass is 10.2. The van der Waals surface area contributed by atoms with Gasteiger partial charge in [0.15, 0.2) is 0 Å². The van der Waals surface area contributed by atoms with E-state index in [0.29, 0.717) is 23.6 Å². The van der Waals surface area contributed by atoms with Crippen LogP contribution in [0.3, 0.4) is 0 Å². The molecule has 3 aromatic rings. The van der Waals surface area contributed by atoms with Gasteiger partial charge in [0, 0.05) is 43.4 Å². The highest BCUT2D eigenvalue weighted by atomic mass is 19.1. The number of carbonyl (C=O) groups is 1. The molecule has 0 spiro atoms. The summed E-state index contributed by atoms with van der Waals surface area (Å²) in [6.45, 7) is 0.662. The molecule has 0 radical (unpaired) electrons. The summed E-state index contributed by atoms with van der Waals surface area (Å²) in [6.07, 6.45) is 6.28. The topological polar surface area (TPSA) is 79.8 Å². The van der Waals surface area contributed by atoms with Gasteiger partial charge < -0.3 is 10.6 Å². The Morgan fingerprint density at radius 1 is 1.00 bits per heavy atom. The summed E-state index contributed by atoms with van der Waals surface area (Å²) >= 11 is 0. The molecule has 3 rings (SSSR count). The van der Waals surface area contributed by atoms with E-state index in [1.807, 2.05) is 12.1 Å². The summed E-state index contributed by atoms with van der Waals surface area (Å²) in [4.78, 5) is 24.3. The first kappa shape index (κ1) is 16.5. The van der Waals surface area contributed by atoms with Crippen LogP contribution >= 0.6 is 0 Å². The van der Waals surface area contributed by atoms with E-state index in [9.17, 15) is 9.18 Å². The molecule has 0 atom stereocenters. The van der Waals surface area contributed by atoms with Crippen molar-refractivity contribution in [1.82, 2.24) is 20.3 Å². The zero-order chi connectivity index (χ0) is 17.5. The molecule has 6 nitrogen and oxygen atoms in total. The predicted molar refractivity (Wildman–Crippen MR) is 91.2 cm³/mol. The summed E-state index contributed by atoms with van der Waals surface area (Å²) < 4.78 is 13.5. The van der Waals surface area contributed by atoms with Gasteiger partial charge in [-0.05, 0) is 23.8 Å². The highest BCUT2D eigenvalue weighted by Gasteiger charge is 2.08. The van der Waals surface area contributed by atoms with Crippen LogP contribution in [0.1, 0.15) is 21.5 Å². The average molecular weight is 337 g/mol. The van der Waals surface area contributed by atoms with E-state index in [1.165, 1.54) is 18.5 Å². The Kier molecular flexibility index (Phi) is 5.26. The summed E-state index contributed by atoms with van der Waals surface area (Å²) in [5, 5.41) is 5.71. The van der Waals surface area contributed by atoms with Crippen molar-refractivity contribution in [1.29, 1.82) is 0 Å². The number of hydrogen-bond acceptors (Lipinski definition) is 5. The minimum absolute atomic E-state index is 0.105. The smallest absolute Gasteiger partial charge is 0.254 e. The minimum atomic E-state index is -0.357. The third kappa shape index (κ3) is 4.57. The maximum atomic E-state index is 13.5. The monoisotopic (exact) mass is 337 g/mol. The number of pyridine rings is 1. The second kappa shape index (κ2) is 7.96. The highest BCUT2D eigenvalue weighted by Crippen LogP contribution is 2.07. The number of nitrogens with one attached hydrogen (secondary N) is 2. The van der Waals surface area contributed by atoms with Crippen LogP contribution in [-0.2, 0) is 13.1 Å². The molecule has 7 heteroatoms. The molecule has 0 fully saturated rings. The largest absolute Gasteiger partial charge is 0.350 e. The van der Waals surface area contributed by atoms with Crippen LogP contribution in [-0.4, -0.2) is 20.9 Å². The number of amides is 1. The molecule has 1 amide bonds. The Bertz CT molecular complexity index is 840. The lowest BCUT2D eigenvalue weighted by molar-refractivity contribution is 0.0950. The van der Waals surface area contributed by atoms with Crippen molar-refractivity contribution in [2.45, 2.75) is 13.1 Å². The van der Waals surface area contributed by atoms with Gasteiger partial charge in [0.2, 0.25) is 5.95 Å². The quantitative estimate of drug-likeness (QED) is 0.723. The Hall–Kier alpha value is -3.35. The number of benzene rings is 1. The van der Waals surface area contributed by atoms with Crippen molar-refractivity contribution in [2.75, 3.05) is 5.32 Å². The molecular weight excluding hydrogens is 321 g/mol. The van der Waals surface area contributed by atoms with Gasteiger partial charge in [-0.15, -0.1) is 0 Å². The molecule has 0 aliphatic rings. The Morgan fingerprint density at radius 3 is 2.44 bits per heavy atom. The lowest BCUT2D eigenvalue weighted by Gasteiger charge is -2.07. The fourth-order valence-corrected chi connectivity index (χ4v) is 2.14. The van der Waals surface area contributed by atoms with Gasteiger partial charge in [-0.2, -0.15) is 0 Å². The second-order valence-electron chi connectivity index (χ2n) is 5.28. The summed E-state index contributed by atoms with van der Waals surface area (Å²) in [5.74, 6) is -0.291. The molecule has 0 bridgehead atoms. The zero-order valence-corrected chi connectivity index (χ0v) is 13.3. The lowest BCUT2D eigenvalue weighted by Crippen LogP contribution is -2.23. The molecular formula is C18H16FN5O. The van der Waals surface area contributed by atoms with Crippen molar-refractivity contribution in [3.05, 3.63) is 83.7 Å². The molecule has 0 aliphatic heterocycles. The molecule has 2 heterocycles. The molecule has 0 unspecified atom stereocenters. The van der Waals surface area contributed by atoms with Gasteiger partial charge in [0.1, 0.15) is 5.82 Å². The fourth-order valence-electron chi connectivity index (χ4n) is 2.14. The van der Waals surface area contributed by atoms with Crippen molar-refractivity contribution >= 4 is 11.9 Å². The summed E-state index contributed by atoms with van der Waals surface area (Å²) in [6, 6.07) is 10.1. The predicted octanol–water partition coefficient (Wildman–Crippen LogP) is 2.55. The van der Waals surface area contributed by atoms with E-state index in [2.05, 4.69) is 25.6 Å². The third-order valence-electron chi connectivity index (χ3n) is 3.51. The van der Waals surface area contributed by atoms with Crippen LogP contribution in [0, 0.1) is 5.82 Å². The van der Waals surface area contributed by atoms with Crippen LogP contribution in [0.25, 0.3) is 0 Å². The summed E-state index contributed by atoms with van der Waals surface area (Å²) in [7, 11) is 0. The van der Waals surface area contributed by atoms with E-state index < -0.39 is 0 Å². The molecule has 0 aliphatic carbocycles. The molecule has 1 aromatic carbocycles. The van der Waals surface area contributed by atoms with Gasteiger partial charge in [0.05, 0.1) is 5.56 Å². The van der Waals surface area contributed by atoms with E-state index >= 15 is 0 Å². The molecule has 126 valence electrons. The first-order chi connectivity index (χ1) is 12.2. The van der Waals surface area contributed by atoms with E-state index in [1.54, 1.807) is 30.6 Å². The van der Waals surface area contributed by atoms with Crippen molar-refractivity contribution in [2.24, 2.45) is 0 Å². The van der Waals surface area contributed by atoms with Gasteiger partial charge in [-0.1, -0.05) is 18.2 Å². The van der Waals surface area contributed by atoms with Crippen molar-refractivity contribution < 1.29 is 9.18 Å². The normalized spacial score (nSPS) is 10.3. The Morgan fingerprint density at radius 2 is 1.72 bits per heavy atom. The van der Waals surface area contributed by atoms with Crippen LogP contribution < -0.4 is 10.6 Å². The highest BCUT2D eigenvalue weighted by molar-refractivity contribution is 5.93. The summed E-state index contributed by atoms with van der Waals surface area (Å²) in [5.41, 5.74) is 1.78. The zero-order valence-electron chi connectivity index (χ0n) is 13.3. The Balaban J connectivity index is 1.54. The third-order valence-corrected chi connectivity index (χ3v) is 3.51. The molecule has 25 heavy (non-hydrogen) atoms. The standard InChI is InChI=1S/C18H16FN5O/c19-16-4-2-1-3-14(16)10-21-17(25)15-11-23-18(24-12-15)22-9-13-5-7-20-8-6-13/h1-8,11-12H,9-10H2,(H,21,25)(H,22,23,24). The van der Waals surface area contributed by atoms with Crippen LogP contribution in [0.4, 0.5) is 10.3 Å². The number of hydrogen-bond donors (Lipinski definition) is 2. The molecule has 0 saturated heterocycles. The maximum Gasteiger partial charge on any atom is 0.254 e. The van der Waals surface area contributed by atoms with Crippen LogP contribution in [0.5, 0.6) is 0 Å². The van der Waals surface area contributed by atoms with Crippen molar-refractivity contribution in [3.63, 3.8) is 0 Å². The number of nitrogens with zero attached hydrogens (tertiary/aromatic N) is 3. The Labute approximate surface area is 144 Å². The number of carbonyl (C=O) groups excluding carboxylic acids is 1. The van der Waals surface area contributed by atoms with Crippen LogP contribution in [0.15, 0.2) is 61.2 Å². The fraction of sp³-hybridized carbons (Fsp3) is 0.111. The molecule has 0 saturated carbocycles. The van der Waals surface area contributed by atoms with Gasteiger partial charge in [-0.3, -0.25) is 9.78 Å². The van der Waals surface area contributed by atoms with E-state index in [0.717, 1.165) is 5.56 Å². The second-order valence-corrected chi connectivity index (χ2v) is 5.28. The minimum Gasteiger partial charge on any atom is -0.350 e. The van der Waals surface area contributed by atoms with E-state index in [4.69, 9.17) is 0 Å². The number of anilines is 1.